The minimum atomic E-state index is -0.706. The first-order chi connectivity index (χ1) is 18.5. The molecule has 0 bridgehead atoms. The third kappa shape index (κ3) is 4.66. The van der Waals surface area contributed by atoms with E-state index in [-0.39, 0.29) is 29.1 Å². The maximum absolute atomic E-state index is 13.2. The number of nitrogens with one attached hydrogen (secondary N) is 2. The van der Waals surface area contributed by atoms with Crippen molar-refractivity contribution >= 4 is 33.4 Å². The molecule has 0 radical (unpaired) electrons. The Hall–Kier alpha value is -5.12. The Bertz CT molecular complexity index is 1790. The Morgan fingerprint density at radius 2 is 1.11 bits per heavy atom. The molecule has 0 unspecified atom stereocenters. The highest BCUT2D eigenvalue weighted by Crippen LogP contribution is 2.15. The van der Waals surface area contributed by atoms with Crippen molar-refractivity contribution in [1.82, 2.24) is 30.4 Å². The summed E-state index contributed by atoms with van der Waals surface area (Å²) in [5.41, 5.74) is 4.97. The Labute approximate surface area is 216 Å². The van der Waals surface area contributed by atoms with Crippen LogP contribution >= 0.6 is 0 Å². The predicted molar refractivity (Wildman–Crippen MR) is 143 cm³/mol. The summed E-state index contributed by atoms with van der Waals surface area (Å²) < 4.78 is 2.47. The predicted octanol–water partition coefficient (Wildman–Crippen LogP) is 2.64. The molecule has 5 rings (SSSR count). The number of hydrogen-bond acceptors (Lipinski definition) is 6. The number of benzene rings is 3. The number of fused-ring (bicyclic) bond motifs is 2. The molecule has 0 aliphatic carbocycles. The van der Waals surface area contributed by atoms with Crippen LogP contribution in [0.15, 0.2) is 88.5 Å². The maximum Gasteiger partial charge on any atom is 0.290 e. The Balaban J connectivity index is 1.47. The fourth-order valence-electron chi connectivity index (χ4n) is 4.26. The standard InChI is InChI=1S/C28H24N6O4/c1-2-16-33-27(37)21-14-8-6-12-19(21)23(31-33)25(35)29-30-26(36)24-20-13-7-9-15-22(20)28(38)34(32-24)17-18-10-4-3-5-11-18/h3-15H,2,16-17H2,1H3,(H,29,35)(H,30,36). The van der Waals surface area contributed by atoms with Crippen molar-refractivity contribution in [3.05, 3.63) is 117 Å². The first kappa shape index (κ1) is 24.6. The van der Waals surface area contributed by atoms with Crippen LogP contribution in [0.25, 0.3) is 21.5 Å². The molecule has 0 saturated carbocycles. The van der Waals surface area contributed by atoms with E-state index in [4.69, 9.17) is 0 Å². The molecule has 190 valence electrons. The third-order valence-electron chi connectivity index (χ3n) is 6.07. The topological polar surface area (TPSA) is 128 Å². The van der Waals surface area contributed by atoms with Gasteiger partial charge >= 0.3 is 0 Å². The fourth-order valence-corrected chi connectivity index (χ4v) is 4.26. The second-order valence-electron chi connectivity index (χ2n) is 8.67. The van der Waals surface area contributed by atoms with E-state index in [0.29, 0.717) is 34.5 Å². The molecular formula is C28H24N6O4. The van der Waals surface area contributed by atoms with Gasteiger partial charge in [-0.1, -0.05) is 73.7 Å². The molecule has 3 aromatic carbocycles. The van der Waals surface area contributed by atoms with Crippen molar-refractivity contribution in [2.75, 3.05) is 0 Å². The first-order valence-electron chi connectivity index (χ1n) is 12.1. The summed E-state index contributed by atoms with van der Waals surface area (Å²) in [4.78, 5) is 52.1. The lowest BCUT2D eigenvalue weighted by molar-refractivity contribution is 0.0840. The summed E-state index contributed by atoms with van der Waals surface area (Å²) in [7, 11) is 0. The molecule has 0 aliphatic heterocycles. The molecule has 0 atom stereocenters. The molecule has 5 aromatic rings. The van der Waals surface area contributed by atoms with E-state index in [1.807, 2.05) is 37.3 Å². The highest BCUT2D eigenvalue weighted by atomic mass is 16.2. The SMILES string of the molecule is CCCn1nc(C(=O)NNC(=O)c2nn(Cc3ccccc3)c(=O)c3ccccc23)c2ccccc2c1=O. The molecule has 2 N–H and O–H groups in total. The first-order valence-corrected chi connectivity index (χ1v) is 12.1. The number of nitrogens with zero attached hydrogens (tertiary/aromatic N) is 4. The molecule has 2 aromatic heterocycles. The zero-order chi connectivity index (χ0) is 26.6. The number of hydrogen-bond donors (Lipinski definition) is 2. The summed E-state index contributed by atoms with van der Waals surface area (Å²) in [6.45, 7) is 2.42. The molecule has 2 heterocycles. The lowest BCUT2D eigenvalue weighted by Gasteiger charge is -2.13. The van der Waals surface area contributed by atoms with Gasteiger partial charge in [0.2, 0.25) is 0 Å². The van der Waals surface area contributed by atoms with Crippen LogP contribution in [0.5, 0.6) is 0 Å². The highest BCUT2D eigenvalue weighted by Gasteiger charge is 2.20. The minimum absolute atomic E-state index is 0.000755. The van der Waals surface area contributed by atoms with Crippen LogP contribution in [0.1, 0.15) is 39.9 Å². The summed E-state index contributed by atoms with van der Waals surface area (Å²) in [6, 6.07) is 22.6. The van der Waals surface area contributed by atoms with Gasteiger partial charge in [0, 0.05) is 17.3 Å². The van der Waals surface area contributed by atoms with Crippen molar-refractivity contribution in [1.29, 1.82) is 0 Å². The van der Waals surface area contributed by atoms with E-state index in [0.717, 1.165) is 5.56 Å². The maximum atomic E-state index is 13.2. The summed E-state index contributed by atoms with van der Waals surface area (Å²) in [6.07, 6.45) is 0.653. The fraction of sp³-hybridized carbons (Fsp3) is 0.143. The minimum Gasteiger partial charge on any atom is -0.267 e. The lowest BCUT2D eigenvalue weighted by Crippen LogP contribution is -2.43. The average molecular weight is 509 g/mol. The van der Waals surface area contributed by atoms with Crippen molar-refractivity contribution in [2.45, 2.75) is 26.4 Å². The monoisotopic (exact) mass is 508 g/mol. The number of aromatic nitrogens is 4. The van der Waals surface area contributed by atoms with Crippen LogP contribution in [-0.2, 0) is 13.1 Å². The van der Waals surface area contributed by atoms with Crippen molar-refractivity contribution in [3.63, 3.8) is 0 Å². The van der Waals surface area contributed by atoms with Gasteiger partial charge < -0.3 is 0 Å². The van der Waals surface area contributed by atoms with Crippen molar-refractivity contribution in [2.24, 2.45) is 0 Å². The number of carbonyl (C=O) groups is 2. The summed E-state index contributed by atoms with van der Waals surface area (Å²) in [5, 5.41) is 9.98. The zero-order valence-electron chi connectivity index (χ0n) is 20.5. The van der Waals surface area contributed by atoms with Crippen LogP contribution in [0, 0.1) is 0 Å². The molecule has 0 fully saturated rings. The number of hydrazine groups is 1. The third-order valence-corrected chi connectivity index (χ3v) is 6.07. The van der Waals surface area contributed by atoms with Gasteiger partial charge in [-0.2, -0.15) is 10.2 Å². The Morgan fingerprint density at radius 1 is 0.658 bits per heavy atom. The largest absolute Gasteiger partial charge is 0.290 e. The number of amides is 2. The summed E-state index contributed by atoms with van der Waals surface area (Å²) >= 11 is 0. The second kappa shape index (κ2) is 10.5. The van der Waals surface area contributed by atoms with E-state index < -0.39 is 11.8 Å². The molecule has 0 saturated heterocycles. The molecule has 10 heteroatoms. The number of aryl methyl sites for hydroxylation is 1. The smallest absolute Gasteiger partial charge is 0.267 e. The molecule has 0 spiro atoms. The van der Waals surface area contributed by atoms with E-state index >= 15 is 0 Å². The molecule has 0 aliphatic rings. The Morgan fingerprint density at radius 3 is 1.63 bits per heavy atom. The van der Waals surface area contributed by atoms with Gasteiger partial charge in [-0.15, -0.1) is 0 Å². The van der Waals surface area contributed by atoms with Crippen molar-refractivity contribution < 1.29 is 9.59 Å². The van der Waals surface area contributed by atoms with Gasteiger partial charge in [-0.05, 0) is 24.1 Å². The van der Waals surface area contributed by atoms with E-state index in [2.05, 4.69) is 21.0 Å². The van der Waals surface area contributed by atoms with Gasteiger partial charge in [0.25, 0.3) is 22.9 Å². The van der Waals surface area contributed by atoms with Crippen LogP contribution in [0.3, 0.4) is 0 Å². The number of rotatable bonds is 6. The average Bonchev–Trinajstić information content (AvgIpc) is 2.95. The highest BCUT2D eigenvalue weighted by molar-refractivity contribution is 6.08. The molecule has 2 amide bonds. The second-order valence-corrected chi connectivity index (χ2v) is 8.67. The molecular weight excluding hydrogens is 484 g/mol. The van der Waals surface area contributed by atoms with Crippen LogP contribution in [-0.4, -0.2) is 31.4 Å². The molecule has 10 nitrogen and oxygen atoms in total. The van der Waals surface area contributed by atoms with Gasteiger partial charge in [0.15, 0.2) is 11.4 Å². The Kier molecular flexibility index (Phi) is 6.77. The molecule has 38 heavy (non-hydrogen) atoms. The van der Waals surface area contributed by atoms with E-state index in [1.54, 1.807) is 48.5 Å². The van der Waals surface area contributed by atoms with Gasteiger partial charge in [-0.3, -0.25) is 30.0 Å². The normalized spacial score (nSPS) is 11.0. The van der Waals surface area contributed by atoms with E-state index in [9.17, 15) is 19.2 Å². The lowest BCUT2D eigenvalue weighted by atomic mass is 10.1. The zero-order valence-corrected chi connectivity index (χ0v) is 20.5. The van der Waals surface area contributed by atoms with Crippen LogP contribution in [0.4, 0.5) is 0 Å². The quantitative estimate of drug-likeness (QED) is 0.340. The van der Waals surface area contributed by atoms with Gasteiger partial charge in [-0.25, -0.2) is 9.36 Å². The van der Waals surface area contributed by atoms with Crippen molar-refractivity contribution in [3.8, 4) is 0 Å². The van der Waals surface area contributed by atoms with Gasteiger partial charge in [0.05, 0.1) is 17.3 Å². The summed E-state index contributed by atoms with van der Waals surface area (Å²) in [5.74, 6) is -1.40. The van der Waals surface area contributed by atoms with Gasteiger partial charge in [0.1, 0.15) is 0 Å². The van der Waals surface area contributed by atoms with Crippen LogP contribution in [0.2, 0.25) is 0 Å². The van der Waals surface area contributed by atoms with E-state index in [1.165, 1.54) is 9.36 Å². The number of carbonyl (C=O) groups excluding carboxylic acids is 2. The van der Waals surface area contributed by atoms with Crippen LogP contribution < -0.4 is 22.0 Å².